The molecule has 0 radical (unpaired) electrons. The van der Waals surface area contributed by atoms with Crippen LogP contribution in [0.15, 0.2) is 33.3 Å². The third-order valence-corrected chi connectivity index (χ3v) is 9.02. The van der Waals surface area contributed by atoms with E-state index in [2.05, 4.69) is 0 Å². The molecule has 0 fully saturated rings. The highest BCUT2D eigenvalue weighted by molar-refractivity contribution is 7.96. The molecule has 0 saturated carbocycles. The van der Waals surface area contributed by atoms with Gasteiger partial charge in [-0.2, -0.15) is 0 Å². The van der Waals surface area contributed by atoms with Crippen molar-refractivity contribution in [2.45, 2.75) is 44.4 Å². The number of ketones is 3. The Morgan fingerprint density at radius 1 is 0.933 bits per heavy atom. The number of hydrogen-bond donors (Lipinski definition) is 0. The second-order valence-corrected chi connectivity index (χ2v) is 10.9. The van der Waals surface area contributed by atoms with Crippen LogP contribution >= 0.6 is 0 Å². The second kappa shape index (κ2) is 5.46. The van der Waals surface area contributed by atoms with Crippen LogP contribution in [0.2, 0.25) is 0 Å². The molecule has 6 rings (SSSR count). The molecule has 0 N–H and O–H groups in total. The molecule has 4 aliphatic rings. The summed E-state index contributed by atoms with van der Waals surface area (Å²) in [4.78, 5) is 39.3. The fourth-order valence-electron chi connectivity index (χ4n) is 5.74. The Morgan fingerprint density at radius 3 is 2.50 bits per heavy atom. The molecule has 6 nitrogen and oxygen atoms in total. The monoisotopic (exact) mass is 422 g/mol. The van der Waals surface area contributed by atoms with Gasteiger partial charge in [-0.15, -0.1) is 0 Å². The van der Waals surface area contributed by atoms with Crippen molar-refractivity contribution in [3.63, 3.8) is 0 Å². The lowest BCUT2D eigenvalue weighted by Gasteiger charge is -2.39. The highest BCUT2D eigenvalue weighted by Crippen LogP contribution is 2.51. The molecule has 1 aromatic carbocycles. The molecule has 1 aromatic heterocycles. The quantitative estimate of drug-likeness (QED) is 0.646. The van der Waals surface area contributed by atoms with Crippen molar-refractivity contribution in [1.82, 2.24) is 0 Å². The Balaban J connectivity index is 1.64. The SMILES string of the molecule is CC12CCCc3coc(c31)C(=O)c1cc3c(cc12)C(=O)C1=C(C3=O)S(=O)(=O)CCC1. The van der Waals surface area contributed by atoms with Gasteiger partial charge in [-0.1, -0.05) is 6.92 Å². The highest BCUT2D eigenvalue weighted by Gasteiger charge is 2.48. The van der Waals surface area contributed by atoms with Crippen LogP contribution < -0.4 is 0 Å². The van der Waals surface area contributed by atoms with E-state index in [4.69, 9.17) is 4.42 Å². The van der Waals surface area contributed by atoms with E-state index in [1.54, 1.807) is 12.3 Å². The van der Waals surface area contributed by atoms with Crippen LogP contribution in [-0.2, 0) is 21.7 Å². The first-order valence-electron chi connectivity index (χ1n) is 10.1. The molecule has 0 bridgehead atoms. The fraction of sp³-hybridized carbons (Fsp3) is 0.348. The van der Waals surface area contributed by atoms with Gasteiger partial charge >= 0.3 is 0 Å². The van der Waals surface area contributed by atoms with Crippen molar-refractivity contribution in [3.05, 3.63) is 68.0 Å². The summed E-state index contributed by atoms with van der Waals surface area (Å²) in [5.41, 5.74) is 2.79. The molecular formula is C23H18O6S. The number of furan rings is 1. The molecule has 1 unspecified atom stereocenters. The van der Waals surface area contributed by atoms with Crippen LogP contribution in [0.1, 0.15) is 86.1 Å². The topological polar surface area (TPSA) is 98.5 Å². The zero-order chi connectivity index (χ0) is 21.0. The number of fused-ring (bicyclic) bond motifs is 3. The first kappa shape index (κ1) is 18.0. The largest absolute Gasteiger partial charge is 0.460 e. The molecule has 0 saturated heterocycles. The Kier molecular flexibility index (Phi) is 3.28. The van der Waals surface area contributed by atoms with Gasteiger partial charge in [-0.25, -0.2) is 8.42 Å². The summed E-state index contributed by atoms with van der Waals surface area (Å²) in [5, 5.41) is 0. The van der Waals surface area contributed by atoms with Gasteiger partial charge in [0, 0.05) is 33.2 Å². The second-order valence-electron chi connectivity index (χ2n) is 8.81. The van der Waals surface area contributed by atoms with E-state index in [0.717, 1.165) is 36.0 Å². The van der Waals surface area contributed by atoms with E-state index in [1.165, 1.54) is 6.07 Å². The summed E-state index contributed by atoms with van der Waals surface area (Å²) >= 11 is 0. The summed E-state index contributed by atoms with van der Waals surface area (Å²) in [6.07, 6.45) is 4.81. The summed E-state index contributed by atoms with van der Waals surface area (Å²) in [5.74, 6) is -1.24. The van der Waals surface area contributed by atoms with Gasteiger partial charge in [0.1, 0.15) is 4.91 Å². The highest BCUT2D eigenvalue weighted by atomic mass is 32.2. The molecule has 7 heteroatoms. The Labute approximate surface area is 172 Å². The number of benzene rings is 1. The van der Waals surface area contributed by atoms with Crippen LogP contribution in [0.3, 0.4) is 0 Å². The number of carbonyl (C=O) groups is 3. The van der Waals surface area contributed by atoms with E-state index < -0.39 is 26.8 Å². The van der Waals surface area contributed by atoms with Crippen molar-refractivity contribution in [2.75, 3.05) is 5.75 Å². The van der Waals surface area contributed by atoms with Crippen molar-refractivity contribution >= 4 is 27.2 Å². The standard InChI is InChI=1S/C23H18O6S/c1-23-6-2-4-11-10-29-21(17(11)23)19(25)15-8-13-14(9-16(15)23)18(24)12-5-3-7-30(27,28)22(12)20(13)26/h8-10H,2-7H2,1H3. The summed E-state index contributed by atoms with van der Waals surface area (Å²) in [7, 11) is -3.80. The van der Waals surface area contributed by atoms with Crippen LogP contribution in [0.4, 0.5) is 0 Å². The molecule has 2 heterocycles. The molecule has 152 valence electrons. The first-order chi connectivity index (χ1) is 14.2. The predicted molar refractivity (Wildman–Crippen MR) is 107 cm³/mol. The minimum absolute atomic E-state index is 0.00552. The maximum Gasteiger partial charge on any atom is 0.228 e. The Bertz CT molecular complexity index is 1370. The maximum atomic E-state index is 13.2. The summed E-state index contributed by atoms with van der Waals surface area (Å²) < 4.78 is 30.7. The smallest absolute Gasteiger partial charge is 0.228 e. The Morgan fingerprint density at radius 2 is 1.70 bits per heavy atom. The van der Waals surface area contributed by atoms with Crippen molar-refractivity contribution in [3.8, 4) is 0 Å². The average molecular weight is 422 g/mol. The van der Waals surface area contributed by atoms with Gasteiger partial charge in [0.15, 0.2) is 21.4 Å². The van der Waals surface area contributed by atoms with E-state index in [9.17, 15) is 22.8 Å². The zero-order valence-corrected chi connectivity index (χ0v) is 17.1. The van der Waals surface area contributed by atoms with Crippen LogP contribution in [0, 0.1) is 0 Å². The van der Waals surface area contributed by atoms with Gasteiger partial charge in [-0.3, -0.25) is 14.4 Å². The molecule has 3 aliphatic carbocycles. The first-order valence-corrected chi connectivity index (χ1v) is 11.8. The van der Waals surface area contributed by atoms with Crippen molar-refractivity contribution in [2.24, 2.45) is 0 Å². The van der Waals surface area contributed by atoms with Crippen LogP contribution in [0.25, 0.3) is 0 Å². The molecule has 2 aromatic rings. The number of rotatable bonds is 0. The number of Topliss-reactive ketones (excluding diaryl/α,β-unsaturated/α-hetero) is 2. The summed E-state index contributed by atoms with van der Waals surface area (Å²) in [6, 6.07) is 3.09. The molecule has 0 amide bonds. The predicted octanol–water partition coefficient (Wildman–Crippen LogP) is 3.31. The van der Waals surface area contributed by atoms with E-state index >= 15 is 0 Å². The number of carbonyl (C=O) groups excluding carboxylic acids is 3. The molecule has 0 spiro atoms. The lowest BCUT2D eigenvalue weighted by molar-refractivity contribution is 0.0973. The van der Waals surface area contributed by atoms with E-state index in [-0.39, 0.29) is 39.6 Å². The minimum atomic E-state index is -3.80. The maximum absolute atomic E-state index is 13.2. The molecule has 1 aliphatic heterocycles. The van der Waals surface area contributed by atoms with Crippen LogP contribution in [0.5, 0.6) is 0 Å². The van der Waals surface area contributed by atoms with Gasteiger partial charge in [0.2, 0.25) is 11.6 Å². The van der Waals surface area contributed by atoms with E-state index in [0.29, 0.717) is 17.7 Å². The van der Waals surface area contributed by atoms with Crippen molar-refractivity contribution in [1.29, 1.82) is 0 Å². The zero-order valence-electron chi connectivity index (χ0n) is 16.3. The lowest BCUT2D eigenvalue weighted by Crippen LogP contribution is -2.37. The molecule has 1 atom stereocenters. The third-order valence-electron chi connectivity index (χ3n) is 7.14. The number of aryl methyl sites for hydroxylation is 1. The van der Waals surface area contributed by atoms with Gasteiger partial charge < -0.3 is 4.42 Å². The van der Waals surface area contributed by atoms with Gasteiger partial charge in [0.05, 0.1) is 12.0 Å². The Hall–Kier alpha value is -2.80. The summed E-state index contributed by atoms with van der Waals surface area (Å²) in [6.45, 7) is 2.05. The van der Waals surface area contributed by atoms with Crippen molar-refractivity contribution < 1.29 is 27.2 Å². The van der Waals surface area contributed by atoms with Gasteiger partial charge in [-0.05, 0) is 55.4 Å². The number of allylic oxidation sites excluding steroid dienone is 2. The fourth-order valence-corrected chi connectivity index (χ4v) is 7.43. The molecular weight excluding hydrogens is 404 g/mol. The number of sulfone groups is 1. The average Bonchev–Trinajstić information content (AvgIpc) is 3.15. The minimum Gasteiger partial charge on any atom is -0.460 e. The number of hydrogen-bond acceptors (Lipinski definition) is 6. The third kappa shape index (κ3) is 1.99. The lowest BCUT2D eigenvalue weighted by atomic mass is 9.62. The van der Waals surface area contributed by atoms with Crippen LogP contribution in [-0.4, -0.2) is 31.5 Å². The van der Waals surface area contributed by atoms with Gasteiger partial charge in [0.25, 0.3) is 0 Å². The van der Waals surface area contributed by atoms with E-state index in [1.807, 2.05) is 6.92 Å². The normalized spacial score (nSPS) is 26.1. The molecule has 30 heavy (non-hydrogen) atoms.